The maximum atomic E-state index is 13.0. The molecule has 1 aliphatic heterocycles. The Morgan fingerprint density at radius 3 is 2.66 bits per heavy atom. The van der Waals surface area contributed by atoms with Crippen LogP contribution < -0.4 is 15.0 Å². The van der Waals surface area contributed by atoms with Crippen molar-refractivity contribution in [3.63, 3.8) is 0 Å². The lowest BCUT2D eigenvalue weighted by Crippen LogP contribution is -3.15. The molecule has 7 heteroatoms. The van der Waals surface area contributed by atoms with Crippen LogP contribution >= 0.6 is 11.3 Å². The van der Waals surface area contributed by atoms with Gasteiger partial charge in [0, 0.05) is 16.0 Å². The van der Waals surface area contributed by atoms with E-state index < -0.39 is 0 Å². The first-order valence-electron chi connectivity index (χ1n) is 10.1. The molecule has 1 aliphatic rings. The minimum atomic E-state index is -0.244. The molecule has 1 unspecified atom stereocenters. The molecule has 0 fully saturated rings. The van der Waals surface area contributed by atoms with Crippen LogP contribution in [0.5, 0.6) is 5.75 Å². The maximum absolute atomic E-state index is 13.0. The summed E-state index contributed by atoms with van der Waals surface area (Å²) in [4.78, 5) is 32.1. The molecule has 0 saturated heterocycles. The Balaban J connectivity index is 1.32. The van der Waals surface area contributed by atoms with E-state index in [4.69, 9.17) is 4.74 Å². The van der Waals surface area contributed by atoms with E-state index >= 15 is 0 Å². The quantitative estimate of drug-likeness (QED) is 0.492. The molecule has 0 bridgehead atoms. The topological polar surface area (TPSA) is 72.2 Å². The number of thiophene rings is 1. The molecule has 0 spiro atoms. The third-order valence-corrected chi connectivity index (χ3v) is 6.53. The van der Waals surface area contributed by atoms with Gasteiger partial charge in [0.1, 0.15) is 5.75 Å². The Kier molecular flexibility index (Phi) is 5.26. The molecule has 0 aliphatic carbocycles. The van der Waals surface area contributed by atoms with Crippen LogP contribution in [0.2, 0.25) is 0 Å². The Bertz CT molecular complexity index is 1350. The molecule has 32 heavy (non-hydrogen) atoms. The number of methoxy groups -OCH3 is 1. The van der Waals surface area contributed by atoms with Gasteiger partial charge in [-0.2, -0.15) is 0 Å². The van der Waals surface area contributed by atoms with Crippen LogP contribution in [0.1, 0.15) is 9.67 Å². The van der Waals surface area contributed by atoms with Crippen LogP contribution in [-0.4, -0.2) is 31.8 Å². The van der Waals surface area contributed by atoms with Crippen molar-refractivity contribution in [3.8, 4) is 16.2 Å². The second-order valence-electron chi connectivity index (χ2n) is 7.42. The molecule has 2 amide bonds. The van der Waals surface area contributed by atoms with Crippen LogP contribution in [0.25, 0.3) is 21.2 Å². The van der Waals surface area contributed by atoms with Gasteiger partial charge in [0.2, 0.25) is 0 Å². The summed E-state index contributed by atoms with van der Waals surface area (Å²) in [6, 6.07) is 23.2. The number of hydrogen-bond donors (Lipinski definition) is 2. The summed E-state index contributed by atoms with van der Waals surface area (Å²) in [7, 11) is 1.63. The predicted molar refractivity (Wildman–Crippen MR) is 127 cm³/mol. The minimum absolute atomic E-state index is 0.0270. The number of benzene rings is 3. The molecule has 5 rings (SSSR count). The molecule has 3 aromatic carbocycles. The number of rotatable bonds is 5. The number of fused-ring (bicyclic) bond motifs is 2. The fourth-order valence-electron chi connectivity index (χ4n) is 3.72. The van der Waals surface area contributed by atoms with Crippen molar-refractivity contribution in [1.29, 1.82) is 0 Å². The number of quaternary nitrogens is 1. The maximum Gasteiger partial charge on any atom is 0.362 e. The summed E-state index contributed by atoms with van der Waals surface area (Å²) in [6.45, 7) is -0.0270. The second kappa shape index (κ2) is 8.37. The van der Waals surface area contributed by atoms with E-state index in [2.05, 4.69) is 10.3 Å². The molecule has 0 saturated carbocycles. The van der Waals surface area contributed by atoms with E-state index in [1.807, 2.05) is 72.8 Å². The molecule has 1 aromatic heterocycles. The molecular weight excluding hydrogens is 422 g/mol. The zero-order chi connectivity index (χ0) is 22.1. The van der Waals surface area contributed by atoms with Gasteiger partial charge in [-0.15, -0.1) is 11.3 Å². The van der Waals surface area contributed by atoms with Crippen molar-refractivity contribution < 1.29 is 19.2 Å². The summed E-state index contributed by atoms with van der Waals surface area (Å²) < 4.78 is 5.21. The van der Waals surface area contributed by atoms with E-state index in [9.17, 15) is 9.59 Å². The van der Waals surface area contributed by atoms with Gasteiger partial charge in [-0.25, -0.2) is 14.7 Å². The first kappa shape index (κ1) is 20.1. The van der Waals surface area contributed by atoms with E-state index in [-0.39, 0.29) is 18.4 Å². The Morgan fingerprint density at radius 2 is 1.84 bits per heavy atom. The molecule has 2 heterocycles. The van der Waals surface area contributed by atoms with Crippen molar-refractivity contribution in [3.05, 3.63) is 77.7 Å². The van der Waals surface area contributed by atoms with Gasteiger partial charge in [-0.3, -0.25) is 4.79 Å². The van der Waals surface area contributed by atoms with Gasteiger partial charge in [-0.1, -0.05) is 36.4 Å². The predicted octanol–water partition coefficient (Wildman–Crippen LogP) is 3.91. The van der Waals surface area contributed by atoms with Gasteiger partial charge in [0.25, 0.3) is 5.91 Å². The Hall–Kier alpha value is -3.81. The normalized spacial score (nSPS) is 14.9. The third kappa shape index (κ3) is 3.79. The number of hydrogen-bond acceptors (Lipinski definition) is 5. The summed E-state index contributed by atoms with van der Waals surface area (Å²) in [5, 5.41) is 4.94. The first-order chi connectivity index (χ1) is 15.6. The third-order valence-electron chi connectivity index (χ3n) is 5.36. The lowest BCUT2D eigenvalue weighted by Gasteiger charge is -2.14. The molecule has 158 valence electrons. The average Bonchev–Trinajstić information content (AvgIpc) is 3.26. The van der Waals surface area contributed by atoms with Crippen LogP contribution in [-0.2, 0) is 4.79 Å². The highest BCUT2D eigenvalue weighted by Crippen LogP contribution is 2.37. The number of carbonyl (C=O) groups is 2. The van der Waals surface area contributed by atoms with Crippen LogP contribution in [0.3, 0.4) is 0 Å². The van der Waals surface area contributed by atoms with E-state index in [1.54, 1.807) is 7.11 Å². The fraction of sp³-hybridized carbons (Fsp3) is 0.0800. The van der Waals surface area contributed by atoms with E-state index in [0.717, 1.165) is 32.6 Å². The lowest BCUT2D eigenvalue weighted by molar-refractivity contribution is -0.694. The van der Waals surface area contributed by atoms with Gasteiger partial charge >= 0.3 is 5.91 Å². The summed E-state index contributed by atoms with van der Waals surface area (Å²) >= 11 is 1.39. The van der Waals surface area contributed by atoms with Crippen molar-refractivity contribution in [2.45, 2.75) is 0 Å². The summed E-state index contributed by atoms with van der Waals surface area (Å²) in [5.41, 5.74) is 2.36. The molecule has 6 nitrogen and oxygen atoms in total. The lowest BCUT2D eigenvalue weighted by atomic mass is 10.1. The second-order valence-corrected chi connectivity index (χ2v) is 8.47. The SMILES string of the molecule is COc1ccc(-c2cc3c(s2)C(=O)[NH+](CC(=O)Nc2cccc4ccccc24)C=N3)cc1. The van der Waals surface area contributed by atoms with E-state index in [1.165, 1.54) is 17.7 Å². The summed E-state index contributed by atoms with van der Waals surface area (Å²) in [6.07, 6.45) is 1.51. The highest BCUT2D eigenvalue weighted by Gasteiger charge is 2.31. The van der Waals surface area contributed by atoms with Crippen LogP contribution in [0.4, 0.5) is 11.4 Å². The van der Waals surface area contributed by atoms with Crippen molar-refractivity contribution in [1.82, 2.24) is 0 Å². The number of nitrogens with zero attached hydrogens (tertiary/aromatic N) is 1. The molecule has 2 N–H and O–H groups in total. The van der Waals surface area contributed by atoms with Crippen molar-refractivity contribution in [2.24, 2.45) is 4.99 Å². The highest BCUT2D eigenvalue weighted by molar-refractivity contribution is 7.18. The monoisotopic (exact) mass is 442 g/mol. The molecular formula is C25H20N3O3S+. The largest absolute Gasteiger partial charge is 0.497 e. The minimum Gasteiger partial charge on any atom is -0.497 e. The molecule has 1 atom stereocenters. The van der Waals surface area contributed by atoms with Gasteiger partial charge in [0.05, 0.1) is 12.8 Å². The Morgan fingerprint density at radius 1 is 1.06 bits per heavy atom. The van der Waals surface area contributed by atoms with E-state index in [0.29, 0.717) is 15.5 Å². The number of aliphatic imine (C=N–C) groups is 1. The number of ether oxygens (including phenoxy) is 1. The number of nitrogens with one attached hydrogen (secondary N) is 2. The number of amides is 2. The smallest absolute Gasteiger partial charge is 0.362 e. The standard InChI is InChI=1S/C25H19N3O3S/c1-31-18-11-9-17(10-12-18)22-13-21-24(32-22)25(30)28(15-26-21)14-23(29)27-20-8-4-6-16-5-2-3-7-19(16)20/h2-13,15H,14H2,1H3,(H,27,29)/p+1. The van der Waals surface area contributed by atoms with Crippen LogP contribution in [0.15, 0.2) is 77.8 Å². The summed E-state index contributed by atoms with van der Waals surface area (Å²) in [5.74, 6) is 0.386. The van der Waals surface area contributed by atoms with Crippen molar-refractivity contribution >= 4 is 51.6 Å². The average molecular weight is 443 g/mol. The van der Waals surface area contributed by atoms with Gasteiger partial charge in [0.15, 0.2) is 17.8 Å². The number of anilines is 1. The highest BCUT2D eigenvalue weighted by atomic mass is 32.1. The van der Waals surface area contributed by atoms with Gasteiger partial charge < -0.3 is 10.1 Å². The zero-order valence-electron chi connectivity index (χ0n) is 17.3. The zero-order valence-corrected chi connectivity index (χ0v) is 18.1. The first-order valence-corrected chi connectivity index (χ1v) is 10.9. The molecule has 4 aromatic rings. The van der Waals surface area contributed by atoms with Crippen LogP contribution in [0, 0.1) is 0 Å². The fourth-order valence-corrected chi connectivity index (χ4v) is 4.80. The number of carbonyl (C=O) groups excluding carboxylic acids is 2. The van der Waals surface area contributed by atoms with Crippen molar-refractivity contribution in [2.75, 3.05) is 19.0 Å². The Labute approximate surface area is 188 Å². The molecule has 0 radical (unpaired) electrons. The van der Waals surface area contributed by atoms with Gasteiger partial charge in [-0.05, 0) is 47.3 Å².